The Balaban J connectivity index is 1.84. The van der Waals surface area contributed by atoms with Gasteiger partial charge in [0, 0.05) is 42.3 Å². The average molecular weight is 312 g/mol. The number of hydrogen-bond acceptors (Lipinski definition) is 2. The highest BCUT2D eigenvalue weighted by atomic mass is 35.5. The second-order valence-corrected chi connectivity index (χ2v) is 5.27. The number of hydrogen-bond donors (Lipinski definition) is 3. The van der Waals surface area contributed by atoms with Gasteiger partial charge in [0.25, 0.3) is 0 Å². The SMILES string of the molecule is COCCNC(=S)NCCc1c[nH]c2ccc(Cl)cc12. The summed E-state index contributed by atoms with van der Waals surface area (Å²) < 4.78 is 4.95. The third-order valence-electron chi connectivity index (χ3n) is 3.00. The number of rotatable bonds is 6. The highest BCUT2D eigenvalue weighted by Crippen LogP contribution is 2.22. The van der Waals surface area contributed by atoms with E-state index in [9.17, 15) is 0 Å². The lowest BCUT2D eigenvalue weighted by Crippen LogP contribution is -2.37. The fourth-order valence-electron chi connectivity index (χ4n) is 2.00. The van der Waals surface area contributed by atoms with Crippen LogP contribution in [0.5, 0.6) is 0 Å². The molecule has 108 valence electrons. The maximum atomic E-state index is 6.03. The molecule has 0 bridgehead atoms. The minimum absolute atomic E-state index is 0.642. The van der Waals surface area contributed by atoms with Gasteiger partial charge in [-0.2, -0.15) is 0 Å². The van der Waals surface area contributed by atoms with Gasteiger partial charge in [-0.25, -0.2) is 0 Å². The molecule has 0 fully saturated rings. The zero-order chi connectivity index (χ0) is 14.4. The molecule has 0 aliphatic carbocycles. The molecule has 3 N–H and O–H groups in total. The van der Waals surface area contributed by atoms with Gasteiger partial charge in [0.1, 0.15) is 0 Å². The standard InChI is InChI=1S/C14H18ClN3OS/c1-19-7-6-17-14(20)16-5-4-10-9-18-13-3-2-11(15)8-12(10)13/h2-3,8-9,18H,4-7H2,1H3,(H2,16,17,20). The van der Waals surface area contributed by atoms with E-state index in [1.165, 1.54) is 5.56 Å². The quantitative estimate of drug-likeness (QED) is 0.566. The normalized spacial score (nSPS) is 10.7. The van der Waals surface area contributed by atoms with Crippen LogP contribution >= 0.6 is 23.8 Å². The van der Waals surface area contributed by atoms with Gasteiger partial charge in [-0.05, 0) is 42.4 Å². The molecule has 2 rings (SSSR count). The lowest BCUT2D eigenvalue weighted by molar-refractivity contribution is 0.204. The predicted octanol–water partition coefficient (Wildman–Crippen LogP) is 2.47. The molecular formula is C14H18ClN3OS. The summed E-state index contributed by atoms with van der Waals surface area (Å²) in [4.78, 5) is 3.24. The van der Waals surface area contributed by atoms with Crippen molar-refractivity contribution in [2.45, 2.75) is 6.42 Å². The number of H-pyrrole nitrogens is 1. The Hall–Kier alpha value is -1.30. The molecule has 0 saturated carbocycles. The molecule has 0 aliphatic heterocycles. The van der Waals surface area contributed by atoms with Gasteiger partial charge in [-0.1, -0.05) is 11.6 Å². The van der Waals surface area contributed by atoms with Crippen molar-refractivity contribution in [2.75, 3.05) is 26.8 Å². The Morgan fingerprint density at radius 3 is 2.95 bits per heavy atom. The molecule has 0 saturated heterocycles. The lowest BCUT2D eigenvalue weighted by atomic mass is 10.1. The van der Waals surface area contributed by atoms with Gasteiger partial charge >= 0.3 is 0 Å². The average Bonchev–Trinajstić information content (AvgIpc) is 2.82. The second kappa shape index (κ2) is 7.47. The van der Waals surface area contributed by atoms with E-state index in [0.29, 0.717) is 18.3 Å². The van der Waals surface area contributed by atoms with E-state index in [0.717, 1.165) is 28.9 Å². The van der Waals surface area contributed by atoms with Crippen molar-refractivity contribution in [1.29, 1.82) is 0 Å². The van der Waals surface area contributed by atoms with Crippen LogP contribution in [-0.2, 0) is 11.2 Å². The van der Waals surface area contributed by atoms with Gasteiger partial charge in [0.05, 0.1) is 6.61 Å². The zero-order valence-electron chi connectivity index (χ0n) is 11.3. The van der Waals surface area contributed by atoms with E-state index in [1.807, 2.05) is 24.4 Å². The molecule has 0 aliphatic rings. The number of benzene rings is 1. The summed E-state index contributed by atoms with van der Waals surface area (Å²) in [7, 11) is 1.67. The largest absolute Gasteiger partial charge is 0.383 e. The minimum atomic E-state index is 0.642. The maximum Gasteiger partial charge on any atom is 0.166 e. The molecule has 6 heteroatoms. The van der Waals surface area contributed by atoms with E-state index < -0.39 is 0 Å². The topological polar surface area (TPSA) is 49.1 Å². The first-order valence-electron chi connectivity index (χ1n) is 6.47. The number of halogens is 1. The van der Waals surface area contributed by atoms with E-state index in [4.69, 9.17) is 28.6 Å². The van der Waals surface area contributed by atoms with Crippen molar-refractivity contribution in [3.05, 3.63) is 35.0 Å². The Morgan fingerprint density at radius 2 is 2.15 bits per heavy atom. The van der Waals surface area contributed by atoms with Gasteiger partial charge < -0.3 is 20.4 Å². The summed E-state index contributed by atoms with van der Waals surface area (Å²) in [5, 5.41) is 8.82. The van der Waals surface area contributed by atoms with Gasteiger partial charge in [-0.15, -0.1) is 0 Å². The number of aromatic nitrogens is 1. The van der Waals surface area contributed by atoms with Gasteiger partial charge in [0.2, 0.25) is 0 Å². The molecule has 0 radical (unpaired) electrons. The van der Waals surface area contributed by atoms with Crippen LogP contribution in [0.4, 0.5) is 0 Å². The summed E-state index contributed by atoms with van der Waals surface area (Å²) in [6.07, 6.45) is 2.90. The van der Waals surface area contributed by atoms with Crippen LogP contribution in [-0.4, -0.2) is 36.9 Å². The first kappa shape index (κ1) is 15.1. The maximum absolute atomic E-state index is 6.03. The lowest BCUT2D eigenvalue weighted by Gasteiger charge is -2.09. The van der Waals surface area contributed by atoms with Crippen LogP contribution in [0.2, 0.25) is 5.02 Å². The third-order valence-corrected chi connectivity index (χ3v) is 3.52. The second-order valence-electron chi connectivity index (χ2n) is 4.43. The number of thiocarbonyl (C=S) groups is 1. The molecular weight excluding hydrogens is 294 g/mol. The van der Waals surface area contributed by atoms with E-state index in [2.05, 4.69) is 15.6 Å². The summed E-state index contributed by atoms with van der Waals surface area (Å²) in [5.74, 6) is 0. The Labute approximate surface area is 128 Å². The van der Waals surface area contributed by atoms with Gasteiger partial charge in [-0.3, -0.25) is 0 Å². The minimum Gasteiger partial charge on any atom is -0.383 e. The number of ether oxygens (including phenoxy) is 1. The van der Waals surface area contributed by atoms with Gasteiger partial charge in [0.15, 0.2) is 5.11 Å². The van der Waals surface area contributed by atoms with Crippen LogP contribution in [0.15, 0.2) is 24.4 Å². The highest BCUT2D eigenvalue weighted by Gasteiger charge is 2.04. The van der Waals surface area contributed by atoms with Crippen molar-refractivity contribution >= 4 is 39.8 Å². The molecule has 0 unspecified atom stereocenters. The fraction of sp³-hybridized carbons (Fsp3) is 0.357. The molecule has 0 atom stereocenters. The van der Waals surface area contributed by atoms with Crippen molar-refractivity contribution in [1.82, 2.24) is 15.6 Å². The molecule has 4 nitrogen and oxygen atoms in total. The Kier molecular flexibility index (Phi) is 5.64. The summed E-state index contributed by atoms with van der Waals surface area (Å²) in [6.45, 7) is 2.13. The fourth-order valence-corrected chi connectivity index (χ4v) is 2.37. The molecule has 1 aromatic heterocycles. The molecule has 0 spiro atoms. The van der Waals surface area contributed by atoms with Crippen LogP contribution < -0.4 is 10.6 Å². The molecule has 2 aromatic rings. The molecule has 20 heavy (non-hydrogen) atoms. The predicted molar refractivity (Wildman–Crippen MR) is 87.5 cm³/mol. The van der Waals surface area contributed by atoms with Crippen molar-refractivity contribution < 1.29 is 4.74 Å². The Bertz CT molecular complexity index is 585. The van der Waals surface area contributed by atoms with E-state index >= 15 is 0 Å². The Morgan fingerprint density at radius 1 is 1.35 bits per heavy atom. The number of aromatic amines is 1. The van der Waals surface area contributed by atoms with Crippen molar-refractivity contribution in [2.24, 2.45) is 0 Å². The smallest absolute Gasteiger partial charge is 0.166 e. The highest BCUT2D eigenvalue weighted by molar-refractivity contribution is 7.80. The number of fused-ring (bicyclic) bond motifs is 1. The first-order chi connectivity index (χ1) is 9.70. The van der Waals surface area contributed by atoms with Crippen molar-refractivity contribution in [3.8, 4) is 0 Å². The van der Waals surface area contributed by atoms with Crippen molar-refractivity contribution in [3.63, 3.8) is 0 Å². The van der Waals surface area contributed by atoms with Crippen LogP contribution in [0.3, 0.4) is 0 Å². The van der Waals surface area contributed by atoms with Crippen LogP contribution in [0, 0.1) is 0 Å². The van der Waals surface area contributed by atoms with E-state index in [-0.39, 0.29) is 0 Å². The van der Waals surface area contributed by atoms with Crippen LogP contribution in [0.25, 0.3) is 10.9 Å². The third kappa shape index (κ3) is 4.10. The number of nitrogens with one attached hydrogen (secondary N) is 3. The zero-order valence-corrected chi connectivity index (χ0v) is 12.9. The first-order valence-corrected chi connectivity index (χ1v) is 7.25. The van der Waals surface area contributed by atoms with E-state index in [1.54, 1.807) is 7.11 Å². The molecule has 1 aromatic carbocycles. The summed E-state index contributed by atoms with van der Waals surface area (Å²) in [5.41, 5.74) is 2.33. The molecule has 0 amide bonds. The number of methoxy groups -OCH3 is 1. The monoisotopic (exact) mass is 311 g/mol. The molecule has 1 heterocycles. The summed E-state index contributed by atoms with van der Waals surface area (Å²) in [6, 6.07) is 5.86. The summed E-state index contributed by atoms with van der Waals surface area (Å²) >= 11 is 11.2. The van der Waals surface area contributed by atoms with Crippen LogP contribution in [0.1, 0.15) is 5.56 Å².